The SMILES string of the molecule is CC(C)NC(=O)C(CSSCC(NC(C)(C)C=O)C(=O)NC(C)C)NC(=O)C(C)C. The lowest BCUT2D eigenvalue weighted by atomic mass is 10.1. The molecule has 4 N–H and O–H groups in total. The standard InChI is InChI=1S/C20H38N4O4S2/c1-12(2)17(26)23-15(18(27)21-13(3)4)9-29-30-10-16(19(28)22-14(5)6)24-20(7,8)11-25/h11-16,24H,9-10H2,1-8H3,(H,21,27)(H,22,28)(H,23,26). The second-order valence-electron chi connectivity index (χ2n) is 8.65. The van der Waals surface area contributed by atoms with Gasteiger partial charge in [0.15, 0.2) is 0 Å². The first-order valence-electron chi connectivity index (χ1n) is 10.2. The molecule has 0 aromatic rings. The summed E-state index contributed by atoms with van der Waals surface area (Å²) in [6.45, 7) is 14.4. The molecule has 0 aliphatic rings. The third kappa shape index (κ3) is 12.4. The summed E-state index contributed by atoms with van der Waals surface area (Å²) in [5, 5.41) is 11.5. The number of amides is 3. The van der Waals surface area contributed by atoms with Gasteiger partial charge in [0.05, 0.1) is 11.6 Å². The number of carbonyl (C=O) groups is 4. The molecule has 0 heterocycles. The van der Waals surface area contributed by atoms with Gasteiger partial charge in [0, 0.05) is 29.5 Å². The van der Waals surface area contributed by atoms with E-state index < -0.39 is 17.6 Å². The lowest BCUT2D eigenvalue weighted by Crippen LogP contribution is -2.55. The van der Waals surface area contributed by atoms with Crippen LogP contribution in [0.15, 0.2) is 0 Å². The Morgan fingerprint density at radius 1 is 0.767 bits per heavy atom. The molecule has 0 rings (SSSR count). The lowest BCUT2D eigenvalue weighted by molar-refractivity contribution is -0.130. The summed E-state index contributed by atoms with van der Waals surface area (Å²) in [7, 11) is 2.82. The minimum Gasteiger partial charge on any atom is -0.353 e. The average molecular weight is 463 g/mol. The molecular formula is C20H38N4O4S2. The van der Waals surface area contributed by atoms with Crippen LogP contribution < -0.4 is 21.3 Å². The van der Waals surface area contributed by atoms with Gasteiger partial charge >= 0.3 is 0 Å². The third-order valence-corrected chi connectivity index (χ3v) is 6.15. The van der Waals surface area contributed by atoms with Gasteiger partial charge < -0.3 is 20.7 Å². The van der Waals surface area contributed by atoms with Gasteiger partial charge in [-0.05, 0) is 41.5 Å². The summed E-state index contributed by atoms with van der Waals surface area (Å²) >= 11 is 0. The zero-order chi connectivity index (χ0) is 23.5. The zero-order valence-electron chi connectivity index (χ0n) is 19.3. The molecular weight excluding hydrogens is 424 g/mol. The van der Waals surface area contributed by atoms with Crippen molar-refractivity contribution >= 4 is 45.6 Å². The molecule has 0 aromatic carbocycles. The number of carbonyl (C=O) groups excluding carboxylic acids is 4. The van der Waals surface area contributed by atoms with Crippen molar-refractivity contribution in [2.45, 2.75) is 85.1 Å². The topological polar surface area (TPSA) is 116 Å². The first-order valence-corrected chi connectivity index (χ1v) is 12.7. The van der Waals surface area contributed by atoms with E-state index in [9.17, 15) is 19.2 Å². The Morgan fingerprint density at radius 2 is 1.20 bits per heavy atom. The van der Waals surface area contributed by atoms with Crippen LogP contribution in [0.3, 0.4) is 0 Å². The molecule has 0 spiro atoms. The zero-order valence-corrected chi connectivity index (χ0v) is 21.0. The minimum absolute atomic E-state index is 0.0193. The maximum absolute atomic E-state index is 12.5. The smallest absolute Gasteiger partial charge is 0.243 e. The summed E-state index contributed by atoms with van der Waals surface area (Å²) in [6, 6.07) is -1.29. The molecule has 0 bridgehead atoms. The van der Waals surface area contributed by atoms with Crippen LogP contribution in [-0.2, 0) is 19.2 Å². The molecule has 2 atom stereocenters. The van der Waals surface area contributed by atoms with Crippen molar-refractivity contribution in [3.63, 3.8) is 0 Å². The Balaban J connectivity index is 4.95. The van der Waals surface area contributed by atoms with E-state index in [2.05, 4.69) is 21.3 Å². The molecule has 174 valence electrons. The number of hydrogen-bond donors (Lipinski definition) is 4. The highest BCUT2D eigenvalue weighted by Crippen LogP contribution is 2.24. The molecule has 0 aliphatic heterocycles. The molecule has 0 aliphatic carbocycles. The third-order valence-electron chi connectivity index (χ3n) is 3.73. The van der Waals surface area contributed by atoms with E-state index in [1.165, 1.54) is 21.6 Å². The van der Waals surface area contributed by atoms with Crippen LogP contribution in [-0.4, -0.2) is 65.2 Å². The fourth-order valence-corrected chi connectivity index (χ4v) is 4.52. The van der Waals surface area contributed by atoms with E-state index in [1.54, 1.807) is 27.7 Å². The first-order chi connectivity index (χ1) is 13.8. The van der Waals surface area contributed by atoms with Gasteiger partial charge in [-0.1, -0.05) is 35.4 Å². The molecule has 0 fully saturated rings. The van der Waals surface area contributed by atoms with Gasteiger partial charge in [-0.2, -0.15) is 0 Å². The largest absolute Gasteiger partial charge is 0.353 e. The Labute approximate surface area is 188 Å². The van der Waals surface area contributed by atoms with Gasteiger partial charge in [-0.15, -0.1) is 0 Å². The predicted octanol–water partition coefficient (Wildman–Crippen LogP) is 1.49. The van der Waals surface area contributed by atoms with Crippen molar-refractivity contribution in [3.05, 3.63) is 0 Å². The second-order valence-corrected chi connectivity index (χ2v) is 11.2. The Morgan fingerprint density at radius 3 is 1.60 bits per heavy atom. The van der Waals surface area contributed by atoms with Crippen molar-refractivity contribution in [1.29, 1.82) is 0 Å². The average Bonchev–Trinajstić information content (AvgIpc) is 2.61. The maximum Gasteiger partial charge on any atom is 0.243 e. The van der Waals surface area contributed by atoms with Crippen LogP contribution in [0, 0.1) is 5.92 Å². The molecule has 0 saturated heterocycles. The van der Waals surface area contributed by atoms with Crippen LogP contribution in [0.4, 0.5) is 0 Å². The van der Waals surface area contributed by atoms with Crippen molar-refractivity contribution < 1.29 is 19.2 Å². The van der Waals surface area contributed by atoms with Crippen LogP contribution >= 0.6 is 21.6 Å². The normalized spacial score (nSPS) is 13.8. The number of aldehydes is 1. The Hall–Kier alpha value is -1.26. The van der Waals surface area contributed by atoms with Crippen molar-refractivity contribution in [1.82, 2.24) is 21.3 Å². The number of hydrogen-bond acceptors (Lipinski definition) is 7. The van der Waals surface area contributed by atoms with Crippen LogP contribution in [0.1, 0.15) is 55.4 Å². The van der Waals surface area contributed by atoms with Gasteiger partial charge in [0.1, 0.15) is 12.3 Å². The fraction of sp³-hybridized carbons (Fsp3) is 0.800. The predicted molar refractivity (Wildman–Crippen MR) is 125 cm³/mol. The van der Waals surface area contributed by atoms with Crippen molar-refractivity contribution in [2.24, 2.45) is 5.92 Å². The Bertz CT molecular complexity index is 583. The fourth-order valence-electron chi connectivity index (χ4n) is 2.19. The summed E-state index contributed by atoms with van der Waals surface area (Å²) in [5.74, 6) is -0.0744. The molecule has 10 heteroatoms. The van der Waals surface area contributed by atoms with Crippen molar-refractivity contribution in [3.8, 4) is 0 Å². The number of rotatable bonds is 14. The highest BCUT2D eigenvalue weighted by Gasteiger charge is 2.28. The van der Waals surface area contributed by atoms with Crippen molar-refractivity contribution in [2.75, 3.05) is 11.5 Å². The number of nitrogens with one attached hydrogen (secondary N) is 4. The molecule has 3 amide bonds. The van der Waals surface area contributed by atoms with Crippen LogP contribution in [0.2, 0.25) is 0 Å². The molecule has 0 radical (unpaired) electrons. The molecule has 2 unspecified atom stereocenters. The molecule has 0 saturated carbocycles. The molecule has 8 nitrogen and oxygen atoms in total. The summed E-state index contributed by atoms with van der Waals surface area (Å²) < 4.78 is 0. The van der Waals surface area contributed by atoms with E-state index >= 15 is 0 Å². The van der Waals surface area contributed by atoms with E-state index in [0.29, 0.717) is 11.5 Å². The summed E-state index contributed by atoms with van der Waals surface area (Å²) in [4.78, 5) is 48.2. The van der Waals surface area contributed by atoms with E-state index in [4.69, 9.17) is 0 Å². The van der Waals surface area contributed by atoms with E-state index in [-0.39, 0.29) is 35.7 Å². The van der Waals surface area contributed by atoms with Gasteiger partial charge in [-0.3, -0.25) is 19.7 Å². The van der Waals surface area contributed by atoms with Gasteiger partial charge in [0.25, 0.3) is 0 Å². The lowest BCUT2D eigenvalue weighted by Gasteiger charge is -2.27. The van der Waals surface area contributed by atoms with Crippen LogP contribution in [0.5, 0.6) is 0 Å². The molecule has 0 aromatic heterocycles. The monoisotopic (exact) mass is 462 g/mol. The second kappa shape index (κ2) is 13.9. The quantitative estimate of drug-likeness (QED) is 0.176. The summed E-state index contributed by atoms with van der Waals surface area (Å²) in [6.07, 6.45) is 0.772. The molecule has 30 heavy (non-hydrogen) atoms. The van der Waals surface area contributed by atoms with E-state index in [1.807, 2.05) is 27.7 Å². The highest BCUT2D eigenvalue weighted by atomic mass is 33.1. The maximum atomic E-state index is 12.5. The minimum atomic E-state index is -0.838. The van der Waals surface area contributed by atoms with E-state index in [0.717, 1.165) is 6.29 Å². The van der Waals surface area contributed by atoms with Gasteiger partial charge in [-0.25, -0.2) is 0 Å². The highest BCUT2D eigenvalue weighted by molar-refractivity contribution is 8.76. The summed E-state index contributed by atoms with van der Waals surface area (Å²) in [5.41, 5.74) is -0.838. The first kappa shape index (κ1) is 28.7. The van der Waals surface area contributed by atoms with Crippen LogP contribution in [0.25, 0.3) is 0 Å². The van der Waals surface area contributed by atoms with Gasteiger partial charge in [0.2, 0.25) is 17.7 Å². The Kier molecular flexibility index (Phi) is 13.3.